The summed E-state index contributed by atoms with van der Waals surface area (Å²) in [5, 5.41) is 0.151. The zero-order valence-corrected chi connectivity index (χ0v) is 8.31. The summed E-state index contributed by atoms with van der Waals surface area (Å²) in [6.07, 6.45) is 0.187. The summed E-state index contributed by atoms with van der Waals surface area (Å²) in [5.41, 5.74) is -0.0461. The van der Waals surface area contributed by atoms with E-state index in [2.05, 4.69) is 0 Å². The molecular formula is C10H9ClF2O. The lowest BCUT2D eigenvalue weighted by molar-refractivity contribution is -0.00830. The van der Waals surface area contributed by atoms with Crippen LogP contribution in [0.4, 0.5) is 8.78 Å². The molecule has 0 radical (unpaired) electrons. The molecular weight excluding hydrogens is 210 g/mol. The first kappa shape index (κ1) is 11.1. The Hall–Kier alpha value is -0.960. The van der Waals surface area contributed by atoms with Gasteiger partial charge >= 0.3 is 0 Å². The minimum absolute atomic E-state index is 0.151. The van der Waals surface area contributed by atoms with Gasteiger partial charge in [0.1, 0.15) is 6.29 Å². The molecule has 0 fully saturated rings. The van der Waals surface area contributed by atoms with E-state index >= 15 is 0 Å². The van der Waals surface area contributed by atoms with Crippen molar-refractivity contribution < 1.29 is 13.6 Å². The Balaban J connectivity index is 3.21. The van der Waals surface area contributed by atoms with Crippen molar-refractivity contribution in [2.75, 3.05) is 0 Å². The lowest BCUT2D eigenvalue weighted by atomic mass is 10.0. The second kappa shape index (κ2) is 4.05. The first-order valence-electron chi connectivity index (χ1n) is 4.13. The maximum Gasteiger partial charge on any atom is 0.273 e. The van der Waals surface area contributed by atoms with E-state index in [9.17, 15) is 13.6 Å². The molecule has 14 heavy (non-hydrogen) atoms. The molecule has 0 bridgehead atoms. The van der Waals surface area contributed by atoms with Crippen molar-refractivity contribution in [1.29, 1.82) is 0 Å². The van der Waals surface area contributed by atoms with Gasteiger partial charge in [-0.15, -0.1) is 0 Å². The second-order valence-electron chi connectivity index (χ2n) is 2.95. The first-order chi connectivity index (χ1) is 6.49. The standard InChI is InChI=1S/C10H9ClF2O/c1-2-10(12,13)8-3-7(6-14)4-9(11)5-8/h3-6H,2H2,1H3. The zero-order chi connectivity index (χ0) is 10.8. The van der Waals surface area contributed by atoms with Crippen molar-refractivity contribution in [1.82, 2.24) is 0 Å². The van der Waals surface area contributed by atoms with Gasteiger partial charge in [-0.25, -0.2) is 8.78 Å². The van der Waals surface area contributed by atoms with Gasteiger partial charge in [-0.3, -0.25) is 4.79 Å². The number of halogens is 3. The molecule has 0 aliphatic carbocycles. The number of carbonyl (C=O) groups excluding carboxylic acids is 1. The summed E-state index contributed by atoms with van der Waals surface area (Å²) in [4.78, 5) is 10.4. The van der Waals surface area contributed by atoms with Crippen LogP contribution >= 0.6 is 11.6 Å². The third-order valence-corrected chi connectivity index (χ3v) is 2.14. The molecule has 0 aromatic heterocycles. The van der Waals surface area contributed by atoms with E-state index in [-0.39, 0.29) is 22.6 Å². The number of hydrogen-bond donors (Lipinski definition) is 0. The van der Waals surface area contributed by atoms with Crippen LogP contribution in [0.25, 0.3) is 0 Å². The minimum Gasteiger partial charge on any atom is -0.298 e. The summed E-state index contributed by atoms with van der Waals surface area (Å²) in [7, 11) is 0. The maximum atomic E-state index is 13.2. The molecule has 0 unspecified atom stereocenters. The Morgan fingerprint density at radius 1 is 1.43 bits per heavy atom. The number of rotatable bonds is 3. The lowest BCUT2D eigenvalue weighted by Crippen LogP contribution is -2.11. The highest BCUT2D eigenvalue weighted by Crippen LogP contribution is 2.33. The van der Waals surface area contributed by atoms with Gasteiger partial charge in [0.25, 0.3) is 5.92 Å². The van der Waals surface area contributed by atoms with E-state index in [0.29, 0.717) is 6.29 Å². The van der Waals surface area contributed by atoms with Gasteiger partial charge in [-0.2, -0.15) is 0 Å². The molecule has 4 heteroatoms. The number of aldehydes is 1. The van der Waals surface area contributed by atoms with Crippen LogP contribution in [0.5, 0.6) is 0 Å². The number of benzene rings is 1. The summed E-state index contributed by atoms with van der Waals surface area (Å²) in [6, 6.07) is 3.68. The van der Waals surface area contributed by atoms with Crippen LogP contribution < -0.4 is 0 Å². The highest BCUT2D eigenvalue weighted by atomic mass is 35.5. The van der Waals surface area contributed by atoms with Crippen LogP contribution in [0.15, 0.2) is 18.2 Å². The fourth-order valence-electron chi connectivity index (χ4n) is 1.10. The molecule has 0 saturated carbocycles. The largest absolute Gasteiger partial charge is 0.298 e. The van der Waals surface area contributed by atoms with E-state index < -0.39 is 5.92 Å². The van der Waals surface area contributed by atoms with Crippen LogP contribution in [0, 0.1) is 0 Å². The molecule has 0 aliphatic rings. The molecule has 1 aromatic carbocycles. The predicted molar refractivity (Wildman–Crippen MR) is 51.0 cm³/mol. The Morgan fingerprint density at radius 2 is 2.07 bits per heavy atom. The second-order valence-corrected chi connectivity index (χ2v) is 3.39. The minimum atomic E-state index is -2.93. The Kier molecular flexibility index (Phi) is 3.21. The van der Waals surface area contributed by atoms with Crippen molar-refractivity contribution in [3.05, 3.63) is 34.3 Å². The molecule has 0 heterocycles. The molecule has 0 amide bonds. The monoisotopic (exact) mass is 218 g/mol. The van der Waals surface area contributed by atoms with E-state index in [1.165, 1.54) is 19.1 Å². The molecule has 1 rings (SSSR count). The fourth-order valence-corrected chi connectivity index (χ4v) is 1.34. The highest BCUT2D eigenvalue weighted by molar-refractivity contribution is 6.30. The topological polar surface area (TPSA) is 17.1 Å². The third kappa shape index (κ3) is 2.29. The van der Waals surface area contributed by atoms with Crippen LogP contribution in [-0.4, -0.2) is 6.29 Å². The summed E-state index contributed by atoms with van der Waals surface area (Å²) < 4.78 is 26.4. The van der Waals surface area contributed by atoms with Gasteiger partial charge in [0.15, 0.2) is 0 Å². The molecule has 1 aromatic rings. The summed E-state index contributed by atoms with van der Waals surface area (Å²) in [6.45, 7) is 1.38. The normalized spacial score (nSPS) is 11.4. The Labute approximate surface area is 85.7 Å². The first-order valence-corrected chi connectivity index (χ1v) is 4.51. The Bertz CT molecular complexity index is 350. The summed E-state index contributed by atoms with van der Waals surface area (Å²) in [5.74, 6) is -2.93. The highest BCUT2D eigenvalue weighted by Gasteiger charge is 2.29. The predicted octanol–water partition coefficient (Wildman–Crippen LogP) is 3.65. The molecule has 0 N–H and O–H groups in total. The van der Waals surface area contributed by atoms with Gasteiger partial charge in [0.05, 0.1) is 0 Å². The third-order valence-electron chi connectivity index (χ3n) is 1.92. The molecule has 0 aliphatic heterocycles. The van der Waals surface area contributed by atoms with E-state index in [4.69, 9.17) is 11.6 Å². The van der Waals surface area contributed by atoms with E-state index in [1.807, 2.05) is 0 Å². The van der Waals surface area contributed by atoms with Gasteiger partial charge < -0.3 is 0 Å². The van der Waals surface area contributed by atoms with Crippen molar-refractivity contribution in [2.24, 2.45) is 0 Å². The molecule has 0 saturated heterocycles. The number of alkyl halides is 2. The molecule has 1 nitrogen and oxygen atoms in total. The quantitative estimate of drug-likeness (QED) is 0.708. The van der Waals surface area contributed by atoms with E-state index in [0.717, 1.165) is 6.07 Å². The van der Waals surface area contributed by atoms with Crippen LogP contribution in [0.1, 0.15) is 29.3 Å². The fraction of sp³-hybridized carbons (Fsp3) is 0.300. The SMILES string of the molecule is CCC(F)(F)c1cc(Cl)cc(C=O)c1. The summed E-state index contributed by atoms with van der Waals surface area (Å²) >= 11 is 5.60. The molecule has 0 atom stereocenters. The number of hydrogen-bond acceptors (Lipinski definition) is 1. The smallest absolute Gasteiger partial charge is 0.273 e. The zero-order valence-electron chi connectivity index (χ0n) is 7.56. The van der Waals surface area contributed by atoms with E-state index in [1.54, 1.807) is 0 Å². The lowest BCUT2D eigenvalue weighted by Gasteiger charge is -2.14. The maximum absolute atomic E-state index is 13.2. The van der Waals surface area contributed by atoms with Crippen molar-refractivity contribution in [3.63, 3.8) is 0 Å². The van der Waals surface area contributed by atoms with Crippen LogP contribution in [-0.2, 0) is 5.92 Å². The number of carbonyl (C=O) groups is 1. The van der Waals surface area contributed by atoms with Gasteiger partial charge in [0, 0.05) is 22.6 Å². The average Bonchev–Trinajstić information content (AvgIpc) is 2.16. The van der Waals surface area contributed by atoms with Crippen LogP contribution in [0.2, 0.25) is 5.02 Å². The van der Waals surface area contributed by atoms with Gasteiger partial charge in [-0.1, -0.05) is 18.5 Å². The van der Waals surface area contributed by atoms with Crippen LogP contribution in [0.3, 0.4) is 0 Å². The average molecular weight is 219 g/mol. The van der Waals surface area contributed by atoms with Gasteiger partial charge in [0.2, 0.25) is 0 Å². The van der Waals surface area contributed by atoms with Crippen molar-refractivity contribution in [3.8, 4) is 0 Å². The molecule has 76 valence electrons. The van der Waals surface area contributed by atoms with Crippen molar-refractivity contribution in [2.45, 2.75) is 19.3 Å². The Morgan fingerprint density at radius 3 is 2.57 bits per heavy atom. The van der Waals surface area contributed by atoms with Crippen molar-refractivity contribution >= 4 is 17.9 Å². The molecule has 0 spiro atoms. The van der Waals surface area contributed by atoms with Gasteiger partial charge in [-0.05, 0) is 18.2 Å².